The Morgan fingerprint density at radius 1 is 1.22 bits per heavy atom. The molecule has 1 aromatic heterocycles. The number of fused-ring (bicyclic) bond motifs is 1. The zero-order valence-electron chi connectivity index (χ0n) is 15.7. The van der Waals surface area contributed by atoms with E-state index in [0.29, 0.717) is 23.6 Å². The van der Waals surface area contributed by atoms with Gasteiger partial charge in [-0.05, 0) is 37.3 Å². The summed E-state index contributed by atoms with van der Waals surface area (Å²) in [6.07, 6.45) is 1.82. The Labute approximate surface area is 158 Å². The van der Waals surface area contributed by atoms with E-state index in [4.69, 9.17) is 14.5 Å². The van der Waals surface area contributed by atoms with Crippen LogP contribution in [-0.4, -0.2) is 29.7 Å². The number of amides is 1. The van der Waals surface area contributed by atoms with E-state index in [1.165, 1.54) is 0 Å². The predicted octanol–water partition coefficient (Wildman–Crippen LogP) is 3.73. The minimum atomic E-state index is -0.280. The van der Waals surface area contributed by atoms with Crippen molar-refractivity contribution in [1.82, 2.24) is 14.9 Å². The highest BCUT2D eigenvalue weighted by Crippen LogP contribution is 2.28. The molecule has 1 heterocycles. The Morgan fingerprint density at radius 3 is 2.67 bits per heavy atom. The number of carbonyl (C=O) groups is 1. The van der Waals surface area contributed by atoms with E-state index >= 15 is 0 Å². The monoisotopic (exact) mass is 365 g/mol. The molecule has 0 saturated carbocycles. The Balaban J connectivity index is 1.88. The van der Waals surface area contributed by atoms with Gasteiger partial charge in [-0.3, -0.25) is 4.79 Å². The summed E-state index contributed by atoms with van der Waals surface area (Å²) >= 11 is 0. The van der Waals surface area contributed by atoms with Crippen molar-refractivity contribution in [3.8, 4) is 11.5 Å². The van der Waals surface area contributed by atoms with Crippen LogP contribution in [0.5, 0.6) is 11.5 Å². The number of benzene rings is 2. The van der Waals surface area contributed by atoms with Crippen LogP contribution in [0.4, 0.5) is 0 Å². The van der Waals surface area contributed by atoms with Gasteiger partial charge in [-0.25, -0.2) is 4.98 Å². The predicted molar refractivity (Wildman–Crippen MR) is 105 cm³/mol. The van der Waals surface area contributed by atoms with Crippen molar-refractivity contribution in [2.45, 2.75) is 19.5 Å². The maximum atomic E-state index is 12.7. The second-order valence-corrected chi connectivity index (χ2v) is 6.12. The molecule has 1 atom stereocenters. The average molecular weight is 365 g/mol. The highest BCUT2D eigenvalue weighted by atomic mass is 16.5. The Hall–Kier alpha value is -3.28. The summed E-state index contributed by atoms with van der Waals surface area (Å²) < 4.78 is 12.6. The van der Waals surface area contributed by atoms with Crippen LogP contribution in [0.1, 0.15) is 29.1 Å². The fourth-order valence-corrected chi connectivity index (χ4v) is 3.07. The van der Waals surface area contributed by atoms with E-state index in [9.17, 15) is 4.79 Å². The first-order chi connectivity index (χ1) is 13.1. The molecule has 0 aliphatic rings. The number of hydrogen-bond donors (Lipinski definition) is 1. The molecule has 0 unspecified atom stereocenters. The van der Waals surface area contributed by atoms with Crippen molar-refractivity contribution in [1.29, 1.82) is 0 Å². The van der Waals surface area contributed by atoms with Gasteiger partial charge in [-0.1, -0.05) is 18.2 Å². The fourth-order valence-electron chi connectivity index (χ4n) is 3.07. The molecule has 1 N–H and O–H groups in total. The second kappa shape index (κ2) is 7.95. The van der Waals surface area contributed by atoms with Gasteiger partial charge >= 0.3 is 0 Å². The van der Waals surface area contributed by atoms with Crippen LogP contribution in [0.15, 0.2) is 55.1 Å². The van der Waals surface area contributed by atoms with Gasteiger partial charge in [0.05, 0.1) is 31.3 Å². The van der Waals surface area contributed by atoms with Crippen LogP contribution in [0.25, 0.3) is 11.0 Å². The van der Waals surface area contributed by atoms with Crippen molar-refractivity contribution in [3.63, 3.8) is 0 Å². The molecule has 6 heteroatoms. The number of nitrogens with one attached hydrogen (secondary N) is 1. The minimum Gasteiger partial charge on any atom is -0.493 e. The first-order valence-corrected chi connectivity index (χ1v) is 8.68. The van der Waals surface area contributed by atoms with E-state index in [-0.39, 0.29) is 11.9 Å². The lowest BCUT2D eigenvalue weighted by Crippen LogP contribution is -2.28. The van der Waals surface area contributed by atoms with E-state index in [0.717, 1.165) is 16.9 Å². The van der Waals surface area contributed by atoms with Crippen LogP contribution in [0, 0.1) is 0 Å². The molecule has 0 fully saturated rings. The molecule has 2 aromatic carbocycles. The average Bonchev–Trinajstić information content (AvgIpc) is 3.06. The molecule has 0 spiro atoms. The van der Waals surface area contributed by atoms with Gasteiger partial charge in [0.1, 0.15) is 5.82 Å². The van der Waals surface area contributed by atoms with Gasteiger partial charge in [-0.2, -0.15) is 0 Å². The lowest BCUT2D eigenvalue weighted by molar-refractivity contribution is 0.0937. The van der Waals surface area contributed by atoms with Gasteiger partial charge < -0.3 is 19.4 Å². The van der Waals surface area contributed by atoms with Crippen LogP contribution >= 0.6 is 0 Å². The lowest BCUT2D eigenvalue weighted by Gasteiger charge is -2.16. The van der Waals surface area contributed by atoms with Crippen molar-refractivity contribution in [2.75, 3.05) is 14.2 Å². The third kappa shape index (κ3) is 3.65. The van der Waals surface area contributed by atoms with E-state index < -0.39 is 0 Å². The molecule has 27 heavy (non-hydrogen) atoms. The summed E-state index contributed by atoms with van der Waals surface area (Å²) in [7, 11) is 3.10. The van der Waals surface area contributed by atoms with Gasteiger partial charge in [0.2, 0.25) is 0 Å². The van der Waals surface area contributed by atoms with Crippen LogP contribution < -0.4 is 14.8 Å². The number of nitrogens with zero attached hydrogens (tertiary/aromatic N) is 2. The summed E-state index contributed by atoms with van der Waals surface area (Å²) in [5, 5.41) is 3.01. The molecular formula is C21H23N3O3. The molecule has 0 saturated heterocycles. The molecule has 140 valence electrons. The van der Waals surface area contributed by atoms with Crippen LogP contribution in [0.3, 0.4) is 0 Å². The standard InChI is InChI=1S/C21H23N3O3/c1-5-12-24-17-9-7-6-8-16(17)23-20(24)14(2)22-21(25)15-10-11-18(26-3)19(13-15)27-4/h5-11,13-14H,1,12H2,2-4H3,(H,22,25)/t14-/m0/s1. The fraction of sp³-hybridized carbons (Fsp3) is 0.238. The van der Waals surface area contributed by atoms with E-state index in [1.807, 2.05) is 37.3 Å². The molecule has 0 aliphatic carbocycles. The van der Waals surface area contributed by atoms with Crippen molar-refractivity contribution in [2.24, 2.45) is 0 Å². The summed E-state index contributed by atoms with van der Waals surface area (Å²) in [5.41, 5.74) is 2.40. The van der Waals surface area contributed by atoms with Crippen molar-refractivity contribution in [3.05, 3.63) is 66.5 Å². The summed E-state index contributed by atoms with van der Waals surface area (Å²) in [4.78, 5) is 17.4. The summed E-state index contributed by atoms with van der Waals surface area (Å²) in [6.45, 7) is 6.36. The van der Waals surface area contributed by atoms with Gasteiger partial charge in [-0.15, -0.1) is 6.58 Å². The summed E-state index contributed by atoms with van der Waals surface area (Å²) in [6, 6.07) is 12.7. The highest BCUT2D eigenvalue weighted by Gasteiger charge is 2.19. The van der Waals surface area contributed by atoms with Gasteiger partial charge in [0.25, 0.3) is 5.91 Å². The number of allylic oxidation sites excluding steroid dienone is 1. The first kappa shape index (κ1) is 18.5. The number of imidazole rings is 1. The number of aromatic nitrogens is 2. The molecule has 3 aromatic rings. The van der Waals surface area contributed by atoms with Crippen molar-refractivity contribution < 1.29 is 14.3 Å². The number of hydrogen-bond acceptors (Lipinski definition) is 4. The zero-order valence-corrected chi connectivity index (χ0v) is 15.7. The summed E-state index contributed by atoms with van der Waals surface area (Å²) in [5.74, 6) is 1.66. The van der Waals surface area contributed by atoms with Crippen LogP contribution in [-0.2, 0) is 6.54 Å². The number of carbonyl (C=O) groups excluding carboxylic acids is 1. The maximum Gasteiger partial charge on any atom is 0.251 e. The SMILES string of the molecule is C=CCn1c([C@H](C)NC(=O)c2ccc(OC)c(OC)c2)nc2ccccc21. The first-order valence-electron chi connectivity index (χ1n) is 8.68. The molecule has 6 nitrogen and oxygen atoms in total. The molecule has 3 rings (SSSR count). The van der Waals surface area contributed by atoms with Crippen LogP contribution in [0.2, 0.25) is 0 Å². The topological polar surface area (TPSA) is 65.4 Å². The largest absolute Gasteiger partial charge is 0.493 e. The Kier molecular flexibility index (Phi) is 5.45. The number of ether oxygens (including phenoxy) is 2. The van der Waals surface area contributed by atoms with E-state index in [2.05, 4.69) is 16.5 Å². The number of rotatable bonds is 7. The molecule has 0 bridgehead atoms. The minimum absolute atomic E-state index is 0.208. The van der Waals surface area contributed by atoms with E-state index in [1.54, 1.807) is 32.4 Å². The maximum absolute atomic E-state index is 12.7. The third-order valence-corrected chi connectivity index (χ3v) is 4.38. The molecule has 0 aliphatic heterocycles. The number of methoxy groups -OCH3 is 2. The quantitative estimate of drug-likeness (QED) is 0.648. The van der Waals surface area contributed by atoms with Gasteiger partial charge in [0, 0.05) is 12.1 Å². The molecular weight excluding hydrogens is 342 g/mol. The highest BCUT2D eigenvalue weighted by molar-refractivity contribution is 5.95. The Bertz CT molecular complexity index is 978. The normalized spacial score (nSPS) is 11.8. The Morgan fingerprint density at radius 2 is 1.96 bits per heavy atom. The zero-order chi connectivity index (χ0) is 19.4. The molecule has 1 amide bonds. The molecule has 0 radical (unpaired) electrons. The van der Waals surface area contributed by atoms with Gasteiger partial charge in [0.15, 0.2) is 11.5 Å². The smallest absolute Gasteiger partial charge is 0.251 e. The lowest BCUT2D eigenvalue weighted by atomic mass is 10.1. The van der Waals surface area contributed by atoms with Crippen molar-refractivity contribution >= 4 is 16.9 Å². The third-order valence-electron chi connectivity index (χ3n) is 4.38. The second-order valence-electron chi connectivity index (χ2n) is 6.12. The number of para-hydroxylation sites is 2.